The summed E-state index contributed by atoms with van der Waals surface area (Å²) in [6.45, 7) is 3.12. The van der Waals surface area contributed by atoms with E-state index in [4.69, 9.17) is 0 Å². The molecule has 21 heavy (non-hydrogen) atoms. The summed E-state index contributed by atoms with van der Waals surface area (Å²) in [6, 6.07) is 7.13. The van der Waals surface area contributed by atoms with Crippen LogP contribution in [0.15, 0.2) is 35.4 Å². The Morgan fingerprint density at radius 1 is 1.24 bits per heavy atom. The molecule has 0 aliphatic rings. The highest BCUT2D eigenvalue weighted by atomic mass is 35.5. The van der Waals surface area contributed by atoms with Crippen molar-refractivity contribution < 1.29 is 8.42 Å². The van der Waals surface area contributed by atoms with Gasteiger partial charge in [-0.15, -0.1) is 12.4 Å². The zero-order chi connectivity index (χ0) is 14.6. The second-order valence-electron chi connectivity index (χ2n) is 4.70. The number of para-hydroxylation sites is 1. The molecule has 0 amide bonds. The molecule has 0 aliphatic carbocycles. The average molecular weight is 330 g/mol. The van der Waals surface area contributed by atoms with E-state index < -0.39 is 10.0 Å². The van der Waals surface area contributed by atoms with Crippen molar-refractivity contribution in [1.82, 2.24) is 15.0 Å². The van der Waals surface area contributed by atoms with Gasteiger partial charge in [0.15, 0.2) is 0 Å². The summed E-state index contributed by atoms with van der Waals surface area (Å²) in [6.07, 6.45) is 2.43. The van der Waals surface area contributed by atoms with Crippen LogP contribution in [0.5, 0.6) is 0 Å². The van der Waals surface area contributed by atoms with Crippen LogP contribution in [-0.2, 0) is 10.0 Å². The standard InChI is InChI=1S/C14H19N3O2S.ClH/c1-11-9-12-5-3-6-13(14(12)16-10-11)20(18,19)17-8-4-7-15-2;/h3,5-6,9-10,15,17H,4,7-8H2,1-2H3;1H. The van der Waals surface area contributed by atoms with Crippen molar-refractivity contribution in [1.29, 1.82) is 0 Å². The highest BCUT2D eigenvalue weighted by Crippen LogP contribution is 2.21. The van der Waals surface area contributed by atoms with Crippen LogP contribution in [-0.4, -0.2) is 33.5 Å². The van der Waals surface area contributed by atoms with E-state index in [0.29, 0.717) is 12.1 Å². The van der Waals surface area contributed by atoms with Gasteiger partial charge in [-0.2, -0.15) is 0 Å². The average Bonchev–Trinajstić information content (AvgIpc) is 2.42. The van der Waals surface area contributed by atoms with Crippen LogP contribution in [0.1, 0.15) is 12.0 Å². The Bertz CT molecular complexity index is 704. The fourth-order valence-corrected chi connectivity index (χ4v) is 3.26. The summed E-state index contributed by atoms with van der Waals surface area (Å²) in [5.74, 6) is 0. The summed E-state index contributed by atoms with van der Waals surface area (Å²) in [7, 11) is -1.68. The molecule has 0 spiro atoms. The van der Waals surface area contributed by atoms with Gasteiger partial charge in [0, 0.05) is 18.1 Å². The Kier molecular flexibility index (Phi) is 6.54. The van der Waals surface area contributed by atoms with Crippen LogP contribution in [0.2, 0.25) is 0 Å². The predicted octanol–water partition coefficient (Wildman–Crippen LogP) is 1.85. The molecule has 0 radical (unpaired) electrons. The van der Waals surface area contributed by atoms with E-state index in [-0.39, 0.29) is 17.3 Å². The van der Waals surface area contributed by atoms with Crippen molar-refractivity contribution in [3.8, 4) is 0 Å². The van der Waals surface area contributed by atoms with E-state index in [9.17, 15) is 8.42 Å². The first kappa shape index (κ1) is 17.8. The van der Waals surface area contributed by atoms with Crippen molar-refractivity contribution >= 4 is 33.3 Å². The maximum atomic E-state index is 12.3. The molecule has 0 unspecified atom stereocenters. The molecule has 1 heterocycles. The lowest BCUT2D eigenvalue weighted by Gasteiger charge is -2.09. The molecule has 2 aromatic rings. The van der Waals surface area contributed by atoms with Gasteiger partial charge in [0.1, 0.15) is 4.90 Å². The Hall–Kier alpha value is -1.21. The maximum absolute atomic E-state index is 12.3. The first-order chi connectivity index (χ1) is 9.54. The minimum absolute atomic E-state index is 0. The first-order valence-corrected chi connectivity index (χ1v) is 8.02. The molecule has 0 saturated carbocycles. The molecule has 1 aromatic heterocycles. The number of nitrogens with one attached hydrogen (secondary N) is 2. The number of hydrogen-bond donors (Lipinski definition) is 2. The van der Waals surface area contributed by atoms with Gasteiger partial charge < -0.3 is 5.32 Å². The van der Waals surface area contributed by atoms with E-state index in [2.05, 4.69) is 15.0 Å². The van der Waals surface area contributed by atoms with Gasteiger partial charge in [-0.25, -0.2) is 13.1 Å². The molecule has 1 aromatic carbocycles. The SMILES string of the molecule is CNCCCNS(=O)(=O)c1cccc2cc(C)cnc12.Cl. The number of rotatable bonds is 6. The zero-order valence-electron chi connectivity index (χ0n) is 12.1. The van der Waals surface area contributed by atoms with Gasteiger partial charge in [-0.05, 0) is 44.6 Å². The van der Waals surface area contributed by atoms with Crippen molar-refractivity contribution in [2.45, 2.75) is 18.2 Å². The van der Waals surface area contributed by atoms with Crippen molar-refractivity contribution in [3.05, 3.63) is 36.0 Å². The lowest BCUT2D eigenvalue weighted by Crippen LogP contribution is -2.27. The van der Waals surface area contributed by atoms with E-state index in [1.165, 1.54) is 0 Å². The van der Waals surface area contributed by atoms with Crippen LogP contribution in [0.3, 0.4) is 0 Å². The summed E-state index contributed by atoms with van der Waals surface area (Å²) in [4.78, 5) is 4.50. The zero-order valence-corrected chi connectivity index (χ0v) is 13.7. The largest absolute Gasteiger partial charge is 0.320 e. The molecule has 0 fully saturated rings. The second-order valence-corrected chi connectivity index (χ2v) is 6.43. The summed E-state index contributed by atoms with van der Waals surface area (Å²) in [5, 5.41) is 3.82. The molecule has 0 atom stereocenters. The van der Waals surface area contributed by atoms with Gasteiger partial charge in [-0.1, -0.05) is 12.1 Å². The maximum Gasteiger partial charge on any atom is 0.242 e. The molecular weight excluding hydrogens is 310 g/mol. The minimum atomic E-state index is -3.52. The monoisotopic (exact) mass is 329 g/mol. The number of hydrogen-bond acceptors (Lipinski definition) is 4. The Labute approximate surface area is 131 Å². The highest BCUT2D eigenvalue weighted by molar-refractivity contribution is 7.89. The number of pyridine rings is 1. The van der Waals surface area contributed by atoms with Gasteiger partial charge >= 0.3 is 0 Å². The lowest BCUT2D eigenvalue weighted by atomic mass is 10.2. The third kappa shape index (κ3) is 4.38. The normalized spacial score (nSPS) is 11.3. The number of fused-ring (bicyclic) bond motifs is 1. The molecule has 5 nitrogen and oxygen atoms in total. The van der Waals surface area contributed by atoms with E-state index >= 15 is 0 Å². The van der Waals surface area contributed by atoms with Crippen molar-refractivity contribution in [2.75, 3.05) is 20.1 Å². The molecule has 2 rings (SSSR count). The third-order valence-electron chi connectivity index (χ3n) is 3.00. The molecule has 7 heteroatoms. The number of halogens is 1. The van der Waals surface area contributed by atoms with E-state index in [1.54, 1.807) is 18.3 Å². The fraction of sp³-hybridized carbons (Fsp3) is 0.357. The predicted molar refractivity (Wildman–Crippen MR) is 87.5 cm³/mol. The van der Waals surface area contributed by atoms with Crippen LogP contribution in [0, 0.1) is 6.92 Å². The van der Waals surface area contributed by atoms with Crippen molar-refractivity contribution in [2.24, 2.45) is 0 Å². The topological polar surface area (TPSA) is 71.1 Å². The first-order valence-electron chi connectivity index (χ1n) is 6.54. The number of nitrogens with zero attached hydrogens (tertiary/aromatic N) is 1. The van der Waals surface area contributed by atoms with Crippen molar-refractivity contribution in [3.63, 3.8) is 0 Å². The molecule has 116 valence electrons. The number of sulfonamides is 1. The molecule has 0 saturated heterocycles. The molecule has 0 aliphatic heterocycles. The van der Waals surface area contributed by atoms with E-state index in [1.807, 2.05) is 26.1 Å². The summed E-state index contributed by atoms with van der Waals surface area (Å²) >= 11 is 0. The smallest absolute Gasteiger partial charge is 0.242 e. The van der Waals surface area contributed by atoms with Gasteiger partial charge in [0.2, 0.25) is 10.0 Å². The highest BCUT2D eigenvalue weighted by Gasteiger charge is 2.17. The van der Waals surface area contributed by atoms with E-state index in [0.717, 1.165) is 23.9 Å². The molecular formula is C14H20ClN3O2S. The summed E-state index contributed by atoms with van der Waals surface area (Å²) in [5.41, 5.74) is 1.52. The Morgan fingerprint density at radius 3 is 2.71 bits per heavy atom. The molecule has 0 bridgehead atoms. The quantitative estimate of drug-likeness (QED) is 0.793. The van der Waals surface area contributed by atoms with Crippen LogP contribution < -0.4 is 10.0 Å². The lowest BCUT2D eigenvalue weighted by molar-refractivity contribution is 0.578. The van der Waals surface area contributed by atoms with Gasteiger partial charge in [0.05, 0.1) is 5.52 Å². The Balaban J connectivity index is 0.00000220. The molecule has 2 N–H and O–H groups in total. The Morgan fingerprint density at radius 2 is 2.00 bits per heavy atom. The second kappa shape index (κ2) is 7.70. The number of aryl methyl sites for hydroxylation is 1. The third-order valence-corrected chi connectivity index (χ3v) is 4.49. The minimum Gasteiger partial charge on any atom is -0.320 e. The van der Waals surface area contributed by atoms with Crippen LogP contribution in [0.4, 0.5) is 0 Å². The summed E-state index contributed by atoms with van der Waals surface area (Å²) < 4.78 is 27.3. The van der Waals surface area contributed by atoms with Crippen LogP contribution >= 0.6 is 12.4 Å². The fourth-order valence-electron chi connectivity index (χ4n) is 2.01. The number of benzene rings is 1. The van der Waals surface area contributed by atoms with Crippen LogP contribution in [0.25, 0.3) is 10.9 Å². The van der Waals surface area contributed by atoms with Gasteiger partial charge in [0.25, 0.3) is 0 Å². The van der Waals surface area contributed by atoms with Gasteiger partial charge in [-0.3, -0.25) is 4.98 Å². The number of aromatic nitrogens is 1.